The van der Waals surface area contributed by atoms with E-state index in [1.54, 1.807) is 24.3 Å². The number of aryl methyl sites for hydroxylation is 1. The van der Waals surface area contributed by atoms with Crippen LogP contribution >= 0.6 is 0 Å². The van der Waals surface area contributed by atoms with Gasteiger partial charge in [-0.15, -0.1) is 0 Å². The molecule has 1 saturated heterocycles. The molecule has 35 heavy (non-hydrogen) atoms. The lowest BCUT2D eigenvalue weighted by Crippen LogP contribution is -2.40. The van der Waals surface area contributed by atoms with E-state index in [1.807, 2.05) is 42.5 Å². The van der Waals surface area contributed by atoms with Gasteiger partial charge >= 0.3 is 0 Å². The Kier molecular flexibility index (Phi) is 8.02. The summed E-state index contributed by atoms with van der Waals surface area (Å²) < 4.78 is 44.1. The molecule has 1 N–H and O–H groups in total. The molecule has 0 radical (unpaired) electrons. The monoisotopic (exact) mass is 496 g/mol. The van der Waals surface area contributed by atoms with E-state index in [1.165, 1.54) is 17.5 Å². The SMILES string of the molecule is COc1ccc(S(=O)(=O)N2CCOCC2)cc1CCC(=O)Nc1ccccc1Oc1ccccc1. The lowest BCUT2D eigenvalue weighted by atomic mass is 10.1. The number of carbonyl (C=O) groups excluding carboxylic acids is 1. The molecule has 0 unspecified atom stereocenters. The van der Waals surface area contributed by atoms with Crippen LogP contribution in [0.15, 0.2) is 77.7 Å². The van der Waals surface area contributed by atoms with Crippen LogP contribution in [0.5, 0.6) is 17.2 Å². The number of benzene rings is 3. The molecular formula is C26H28N2O6S. The molecule has 3 aromatic rings. The Hall–Kier alpha value is -3.40. The summed E-state index contributed by atoms with van der Waals surface area (Å²) in [6.07, 6.45) is 0.445. The third-order valence-electron chi connectivity index (χ3n) is 5.61. The molecule has 0 saturated carbocycles. The molecule has 0 aromatic heterocycles. The first-order valence-electron chi connectivity index (χ1n) is 11.3. The fourth-order valence-electron chi connectivity index (χ4n) is 3.78. The number of rotatable bonds is 9. The maximum Gasteiger partial charge on any atom is 0.243 e. The largest absolute Gasteiger partial charge is 0.496 e. The molecule has 0 bridgehead atoms. The highest BCUT2D eigenvalue weighted by atomic mass is 32.2. The first-order valence-corrected chi connectivity index (χ1v) is 12.8. The van der Waals surface area contributed by atoms with E-state index in [4.69, 9.17) is 14.2 Å². The molecule has 0 spiro atoms. The summed E-state index contributed by atoms with van der Waals surface area (Å²) in [6.45, 7) is 1.38. The van der Waals surface area contributed by atoms with Crippen LogP contribution < -0.4 is 14.8 Å². The van der Waals surface area contributed by atoms with E-state index < -0.39 is 10.0 Å². The predicted molar refractivity (Wildman–Crippen MR) is 132 cm³/mol. The maximum atomic E-state index is 13.0. The van der Waals surface area contributed by atoms with Gasteiger partial charge in [0.2, 0.25) is 15.9 Å². The Morgan fingerprint density at radius 3 is 2.43 bits per heavy atom. The molecule has 1 amide bonds. The van der Waals surface area contributed by atoms with Crippen LogP contribution in [0.2, 0.25) is 0 Å². The Balaban J connectivity index is 1.45. The molecular weight excluding hydrogens is 468 g/mol. The van der Waals surface area contributed by atoms with Gasteiger partial charge in [-0.25, -0.2) is 8.42 Å². The lowest BCUT2D eigenvalue weighted by Gasteiger charge is -2.26. The van der Waals surface area contributed by atoms with Crippen molar-refractivity contribution in [1.82, 2.24) is 4.31 Å². The number of hydrogen-bond acceptors (Lipinski definition) is 6. The molecule has 1 aliphatic rings. The number of hydrogen-bond donors (Lipinski definition) is 1. The number of para-hydroxylation sites is 3. The van der Waals surface area contributed by atoms with Gasteiger partial charge in [0.15, 0.2) is 5.75 Å². The summed E-state index contributed by atoms with van der Waals surface area (Å²) in [6, 6.07) is 21.3. The number of ether oxygens (including phenoxy) is 3. The van der Waals surface area contributed by atoms with Gasteiger partial charge in [0, 0.05) is 19.5 Å². The number of nitrogens with zero attached hydrogens (tertiary/aromatic N) is 1. The molecule has 9 heteroatoms. The van der Waals surface area contributed by atoms with Crippen molar-refractivity contribution < 1.29 is 27.4 Å². The molecule has 3 aromatic carbocycles. The molecule has 4 rings (SSSR count). The van der Waals surface area contributed by atoms with Gasteiger partial charge in [-0.3, -0.25) is 4.79 Å². The highest BCUT2D eigenvalue weighted by Gasteiger charge is 2.27. The van der Waals surface area contributed by atoms with Gasteiger partial charge < -0.3 is 19.5 Å². The number of amides is 1. The molecule has 0 atom stereocenters. The van der Waals surface area contributed by atoms with Crippen molar-refractivity contribution in [3.05, 3.63) is 78.4 Å². The van der Waals surface area contributed by atoms with Crippen LogP contribution in [0.3, 0.4) is 0 Å². The first-order chi connectivity index (χ1) is 17.0. The summed E-state index contributed by atoms with van der Waals surface area (Å²) in [7, 11) is -2.13. The molecule has 1 heterocycles. The summed E-state index contributed by atoms with van der Waals surface area (Å²) in [5.74, 6) is 1.50. The number of morpholine rings is 1. The van der Waals surface area contributed by atoms with E-state index in [0.29, 0.717) is 61.2 Å². The fourth-order valence-corrected chi connectivity index (χ4v) is 5.24. The molecule has 184 valence electrons. The van der Waals surface area contributed by atoms with Gasteiger partial charge in [-0.05, 0) is 54.4 Å². The predicted octanol–water partition coefficient (Wildman–Crippen LogP) is 4.08. The molecule has 1 fully saturated rings. The molecule has 1 aliphatic heterocycles. The number of methoxy groups -OCH3 is 1. The third kappa shape index (κ3) is 6.19. The maximum absolute atomic E-state index is 13.0. The van der Waals surface area contributed by atoms with E-state index in [2.05, 4.69) is 5.32 Å². The minimum atomic E-state index is -3.65. The topological polar surface area (TPSA) is 94.2 Å². The Morgan fingerprint density at radius 2 is 1.69 bits per heavy atom. The Labute approximate surface area is 205 Å². The second-order valence-electron chi connectivity index (χ2n) is 7.95. The Bertz CT molecular complexity index is 1260. The van der Waals surface area contributed by atoms with E-state index in [0.717, 1.165) is 0 Å². The van der Waals surface area contributed by atoms with Crippen molar-refractivity contribution in [3.8, 4) is 17.2 Å². The fraction of sp³-hybridized carbons (Fsp3) is 0.269. The summed E-state index contributed by atoms with van der Waals surface area (Å²) in [4.78, 5) is 12.9. The van der Waals surface area contributed by atoms with Gasteiger partial charge in [0.1, 0.15) is 11.5 Å². The van der Waals surface area contributed by atoms with Gasteiger partial charge in [-0.2, -0.15) is 4.31 Å². The van der Waals surface area contributed by atoms with Crippen molar-refractivity contribution in [2.45, 2.75) is 17.7 Å². The standard InChI is InChI=1S/C26H28N2O6S/c1-32-24-13-12-22(35(30,31)28-15-17-33-18-16-28)19-20(24)11-14-26(29)27-23-9-5-6-10-25(23)34-21-7-3-2-4-8-21/h2-10,12-13,19H,11,14-18H2,1H3,(H,27,29). The van der Waals surface area contributed by atoms with Gasteiger partial charge in [0.05, 0.1) is 30.9 Å². The summed E-state index contributed by atoms with van der Waals surface area (Å²) in [5, 5.41) is 2.89. The molecule has 0 aliphatic carbocycles. The zero-order chi connectivity index (χ0) is 24.7. The Morgan fingerprint density at radius 1 is 0.971 bits per heavy atom. The van der Waals surface area contributed by atoms with Crippen LogP contribution in [-0.2, 0) is 26.0 Å². The van der Waals surface area contributed by atoms with E-state index >= 15 is 0 Å². The van der Waals surface area contributed by atoms with Crippen molar-refractivity contribution in [1.29, 1.82) is 0 Å². The van der Waals surface area contributed by atoms with E-state index in [9.17, 15) is 13.2 Å². The summed E-state index contributed by atoms with van der Waals surface area (Å²) in [5.41, 5.74) is 1.20. The van der Waals surface area contributed by atoms with Crippen LogP contribution in [0.25, 0.3) is 0 Å². The zero-order valence-corrected chi connectivity index (χ0v) is 20.3. The average Bonchev–Trinajstić information content (AvgIpc) is 2.89. The minimum absolute atomic E-state index is 0.136. The van der Waals surface area contributed by atoms with Crippen LogP contribution in [0.4, 0.5) is 5.69 Å². The average molecular weight is 497 g/mol. The molecule has 8 nitrogen and oxygen atoms in total. The zero-order valence-electron chi connectivity index (χ0n) is 19.5. The van der Waals surface area contributed by atoms with Crippen molar-refractivity contribution in [2.75, 3.05) is 38.7 Å². The number of anilines is 1. The summed E-state index contributed by atoms with van der Waals surface area (Å²) >= 11 is 0. The van der Waals surface area contributed by atoms with Crippen LogP contribution in [-0.4, -0.2) is 52.0 Å². The first kappa shape index (κ1) is 24.7. The lowest BCUT2D eigenvalue weighted by molar-refractivity contribution is -0.116. The minimum Gasteiger partial charge on any atom is -0.496 e. The number of sulfonamides is 1. The van der Waals surface area contributed by atoms with Crippen molar-refractivity contribution in [3.63, 3.8) is 0 Å². The van der Waals surface area contributed by atoms with E-state index in [-0.39, 0.29) is 17.2 Å². The quantitative estimate of drug-likeness (QED) is 0.480. The normalized spacial score (nSPS) is 14.3. The van der Waals surface area contributed by atoms with Crippen molar-refractivity contribution in [2.24, 2.45) is 0 Å². The smallest absolute Gasteiger partial charge is 0.243 e. The van der Waals surface area contributed by atoms with Gasteiger partial charge in [0.25, 0.3) is 0 Å². The van der Waals surface area contributed by atoms with Gasteiger partial charge in [-0.1, -0.05) is 30.3 Å². The number of carbonyl (C=O) groups is 1. The second-order valence-corrected chi connectivity index (χ2v) is 9.89. The third-order valence-corrected chi connectivity index (χ3v) is 7.51. The van der Waals surface area contributed by atoms with Crippen LogP contribution in [0, 0.1) is 0 Å². The highest BCUT2D eigenvalue weighted by Crippen LogP contribution is 2.30. The highest BCUT2D eigenvalue weighted by molar-refractivity contribution is 7.89. The van der Waals surface area contributed by atoms with Crippen LogP contribution in [0.1, 0.15) is 12.0 Å². The second kappa shape index (κ2) is 11.4. The number of nitrogens with one attached hydrogen (secondary N) is 1. The van der Waals surface area contributed by atoms with Crippen molar-refractivity contribution >= 4 is 21.6 Å².